The first-order valence-corrected chi connectivity index (χ1v) is 8.11. The van der Waals surface area contributed by atoms with Gasteiger partial charge >= 0.3 is 0 Å². The molecule has 0 spiro atoms. The first-order valence-electron chi connectivity index (χ1n) is 8.11. The van der Waals surface area contributed by atoms with Gasteiger partial charge in [0.05, 0.1) is 19.5 Å². The zero-order chi connectivity index (χ0) is 16.5. The van der Waals surface area contributed by atoms with Gasteiger partial charge < -0.3 is 14.5 Å². The van der Waals surface area contributed by atoms with Crippen molar-refractivity contribution < 1.29 is 9.13 Å². The molecule has 1 unspecified atom stereocenters. The maximum absolute atomic E-state index is 13.0. The fourth-order valence-electron chi connectivity index (χ4n) is 3.23. The summed E-state index contributed by atoms with van der Waals surface area (Å²) in [5.74, 6) is 1.63. The predicted octanol–water partition coefficient (Wildman–Crippen LogP) is 1.66. The molecule has 126 valence electrons. The van der Waals surface area contributed by atoms with Crippen molar-refractivity contribution in [3.8, 4) is 5.88 Å². The minimum atomic E-state index is -0.415. The zero-order valence-corrected chi connectivity index (χ0v) is 13.5. The highest BCUT2D eigenvalue weighted by Crippen LogP contribution is 2.36. The van der Waals surface area contributed by atoms with Crippen LogP contribution < -0.4 is 14.5 Å². The molecule has 0 bridgehead atoms. The molecule has 0 N–H and O–H groups in total. The quantitative estimate of drug-likeness (QED) is 0.826. The normalized spacial score (nSPS) is 20.2. The van der Waals surface area contributed by atoms with Crippen LogP contribution in [0.5, 0.6) is 5.88 Å². The topological polar surface area (TPSA) is 67.3 Å². The number of hydrogen-bond donors (Lipinski definition) is 0. The fraction of sp³-hybridized carbons (Fsp3) is 0.500. The van der Waals surface area contributed by atoms with E-state index in [9.17, 15) is 4.39 Å². The molecule has 4 rings (SSSR count). The Hall–Kier alpha value is -2.51. The van der Waals surface area contributed by atoms with E-state index in [4.69, 9.17) is 4.74 Å². The molecule has 1 saturated heterocycles. The van der Waals surface area contributed by atoms with Crippen molar-refractivity contribution in [2.45, 2.75) is 31.3 Å². The number of aromatic nitrogens is 4. The Labute approximate surface area is 139 Å². The summed E-state index contributed by atoms with van der Waals surface area (Å²) in [6.45, 7) is 1.65. The largest absolute Gasteiger partial charge is 0.481 e. The number of anilines is 2. The van der Waals surface area contributed by atoms with Crippen LogP contribution in [0.15, 0.2) is 24.8 Å². The second-order valence-electron chi connectivity index (χ2n) is 6.15. The molecule has 8 heteroatoms. The minimum absolute atomic E-state index is 0.325. The molecule has 24 heavy (non-hydrogen) atoms. The molecule has 1 atom stereocenters. The molecule has 7 nitrogen and oxygen atoms in total. The average Bonchev–Trinajstić information content (AvgIpc) is 3.33. The number of rotatable bonds is 5. The second kappa shape index (κ2) is 6.18. The van der Waals surface area contributed by atoms with E-state index in [0.717, 1.165) is 25.3 Å². The van der Waals surface area contributed by atoms with Gasteiger partial charge in [0.25, 0.3) is 0 Å². The summed E-state index contributed by atoms with van der Waals surface area (Å²) in [5.41, 5.74) is 0. The Balaban J connectivity index is 1.53. The lowest BCUT2D eigenvalue weighted by Crippen LogP contribution is -2.40. The van der Waals surface area contributed by atoms with Gasteiger partial charge in [-0.15, -0.1) is 0 Å². The Bertz CT molecular complexity index is 708. The van der Waals surface area contributed by atoms with E-state index in [1.54, 1.807) is 13.4 Å². The molecule has 3 heterocycles. The maximum Gasteiger partial charge on any atom is 0.225 e. The predicted molar refractivity (Wildman–Crippen MR) is 86.7 cm³/mol. The minimum Gasteiger partial charge on any atom is -0.481 e. The summed E-state index contributed by atoms with van der Waals surface area (Å²) in [7, 11) is 1.61. The highest BCUT2D eigenvalue weighted by atomic mass is 19.1. The van der Waals surface area contributed by atoms with Crippen LogP contribution in [0.2, 0.25) is 0 Å². The van der Waals surface area contributed by atoms with Gasteiger partial charge in [-0.1, -0.05) is 0 Å². The summed E-state index contributed by atoms with van der Waals surface area (Å²) < 4.78 is 18.2. The SMILES string of the molecule is COc1cc(N(C2CC2)C2CCN(c3ncc(F)cn3)C2)ncn1. The molecular weight excluding hydrogens is 311 g/mol. The smallest absolute Gasteiger partial charge is 0.225 e. The van der Waals surface area contributed by atoms with Crippen molar-refractivity contribution in [3.63, 3.8) is 0 Å². The summed E-state index contributed by atoms with van der Waals surface area (Å²) in [4.78, 5) is 21.2. The fourth-order valence-corrected chi connectivity index (χ4v) is 3.23. The van der Waals surface area contributed by atoms with Crippen LogP contribution in [0, 0.1) is 5.82 Å². The van der Waals surface area contributed by atoms with Crippen LogP contribution in [0.4, 0.5) is 16.2 Å². The number of hydrogen-bond acceptors (Lipinski definition) is 7. The van der Waals surface area contributed by atoms with E-state index in [1.807, 2.05) is 6.07 Å². The van der Waals surface area contributed by atoms with Crippen molar-refractivity contribution in [2.24, 2.45) is 0 Å². The Morgan fingerprint density at radius 2 is 1.92 bits per heavy atom. The Morgan fingerprint density at radius 3 is 2.62 bits per heavy atom. The van der Waals surface area contributed by atoms with Crippen LogP contribution in [-0.4, -0.2) is 52.2 Å². The van der Waals surface area contributed by atoms with E-state index >= 15 is 0 Å². The van der Waals surface area contributed by atoms with Crippen LogP contribution in [0.1, 0.15) is 19.3 Å². The first kappa shape index (κ1) is 15.0. The van der Waals surface area contributed by atoms with Gasteiger partial charge in [-0.2, -0.15) is 0 Å². The number of methoxy groups -OCH3 is 1. The maximum atomic E-state index is 13.0. The first-order chi connectivity index (χ1) is 11.7. The van der Waals surface area contributed by atoms with Gasteiger partial charge in [-0.3, -0.25) is 0 Å². The molecule has 0 amide bonds. The van der Waals surface area contributed by atoms with E-state index in [-0.39, 0.29) is 0 Å². The molecule has 0 radical (unpaired) electrons. The van der Waals surface area contributed by atoms with E-state index in [2.05, 4.69) is 29.7 Å². The third kappa shape index (κ3) is 2.95. The summed E-state index contributed by atoms with van der Waals surface area (Å²) in [5, 5.41) is 0. The van der Waals surface area contributed by atoms with Gasteiger partial charge in [0.1, 0.15) is 12.1 Å². The van der Waals surface area contributed by atoms with Crippen molar-refractivity contribution in [1.29, 1.82) is 0 Å². The van der Waals surface area contributed by atoms with Crippen LogP contribution in [0.3, 0.4) is 0 Å². The third-order valence-electron chi connectivity index (χ3n) is 4.49. The van der Waals surface area contributed by atoms with E-state index in [1.165, 1.54) is 25.2 Å². The Kier molecular flexibility index (Phi) is 3.87. The van der Waals surface area contributed by atoms with Crippen LogP contribution in [-0.2, 0) is 0 Å². The molecule has 0 aromatic carbocycles. The zero-order valence-electron chi connectivity index (χ0n) is 13.5. The molecule has 2 aromatic rings. The molecule has 1 saturated carbocycles. The lowest BCUT2D eigenvalue weighted by Gasteiger charge is -2.30. The van der Waals surface area contributed by atoms with Crippen molar-refractivity contribution in [1.82, 2.24) is 19.9 Å². The van der Waals surface area contributed by atoms with Gasteiger partial charge in [-0.25, -0.2) is 24.3 Å². The highest BCUT2D eigenvalue weighted by molar-refractivity contribution is 5.47. The van der Waals surface area contributed by atoms with Crippen molar-refractivity contribution in [2.75, 3.05) is 30.0 Å². The summed E-state index contributed by atoms with van der Waals surface area (Å²) in [6, 6.07) is 2.73. The third-order valence-corrected chi connectivity index (χ3v) is 4.49. The Morgan fingerprint density at radius 1 is 1.12 bits per heavy atom. The molecule has 2 aromatic heterocycles. The van der Waals surface area contributed by atoms with Gasteiger partial charge in [0, 0.05) is 31.2 Å². The molecule has 2 fully saturated rings. The lowest BCUT2D eigenvalue weighted by molar-refractivity contribution is 0.396. The van der Waals surface area contributed by atoms with Crippen molar-refractivity contribution >= 4 is 11.8 Å². The van der Waals surface area contributed by atoms with E-state index in [0.29, 0.717) is 23.9 Å². The number of nitrogens with zero attached hydrogens (tertiary/aromatic N) is 6. The van der Waals surface area contributed by atoms with E-state index < -0.39 is 5.82 Å². The van der Waals surface area contributed by atoms with Crippen molar-refractivity contribution in [3.05, 3.63) is 30.6 Å². The van der Waals surface area contributed by atoms with Gasteiger partial charge in [0.15, 0.2) is 5.82 Å². The highest BCUT2D eigenvalue weighted by Gasteiger charge is 2.38. The molecular formula is C16H19FN6O. The van der Waals surface area contributed by atoms with Gasteiger partial charge in [0.2, 0.25) is 11.8 Å². The second-order valence-corrected chi connectivity index (χ2v) is 6.15. The summed E-state index contributed by atoms with van der Waals surface area (Å²) in [6.07, 6.45) is 7.31. The molecule has 1 aliphatic carbocycles. The lowest BCUT2D eigenvalue weighted by atomic mass is 10.2. The average molecular weight is 330 g/mol. The monoisotopic (exact) mass is 330 g/mol. The molecule has 2 aliphatic rings. The summed E-state index contributed by atoms with van der Waals surface area (Å²) >= 11 is 0. The van der Waals surface area contributed by atoms with Crippen LogP contribution >= 0.6 is 0 Å². The number of halogens is 1. The van der Waals surface area contributed by atoms with Crippen LogP contribution in [0.25, 0.3) is 0 Å². The number of ether oxygens (including phenoxy) is 1. The molecule has 1 aliphatic heterocycles. The van der Waals surface area contributed by atoms with Gasteiger partial charge in [-0.05, 0) is 19.3 Å². The standard InChI is InChI=1S/C16H19FN6O/c1-24-15-6-14(20-10-21-15)23(12-2-3-12)13-4-5-22(9-13)16-18-7-11(17)8-19-16/h6-8,10,12-13H,2-5,9H2,1H3.